The van der Waals surface area contributed by atoms with E-state index in [0.29, 0.717) is 6.04 Å². The molecular formula is C24H29FN6O. The van der Waals surface area contributed by atoms with Crippen LogP contribution in [0.15, 0.2) is 48.5 Å². The Labute approximate surface area is 187 Å². The molecule has 2 aliphatic rings. The van der Waals surface area contributed by atoms with E-state index in [-0.39, 0.29) is 11.9 Å². The lowest BCUT2D eigenvalue weighted by Gasteiger charge is -2.40. The summed E-state index contributed by atoms with van der Waals surface area (Å²) >= 11 is 0. The molecule has 2 aromatic carbocycles. The molecule has 1 atom stereocenters. The van der Waals surface area contributed by atoms with Gasteiger partial charge in [-0.15, -0.1) is 5.10 Å². The van der Waals surface area contributed by atoms with E-state index in [1.165, 1.54) is 25.0 Å². The average Bonchev–Trinajstić information content (AvgIpc) is 3.53. The molecule has 32 heavy (non-hydrogen) atoms. The SMILES string of the molecule is COc1ccccc1[C@H](c1nnnn1C1CCCC1)N1CCN(c2ccc(F)cc2)CC1. The molecule has 0 bridgehead atoms. The summed E-state index contributed by atoms with van der Waals surface area (Å²) < 4.78 is 21.1. The number of methoxy groups -OCH3 is 1. The molecule has 3 aromatic rings. The van der Waals surface area contributed by atoms with E-state index in [0.717, 1.165) is 61.8 Å². The Hall–Kier alpha value is -3.00. The first-order valence-electron chi connectivity index (χ1n) is 11.4. The minimum atomic E-state index is -0.206. The van der Waals surface area contributed by atoms with Crippen LogP contribution in [-0.4, -0.2) is 58.4 Å². The first kappa shape index (κ1) is 20.9. The van der Waals surface area contributed by atoms with Crippen molar-refractivity contribution in [1.29, 1.82) is 0 Å². The normalized spacial score (nSPS) is 18.8. The Morgan fingerprint density at radius 2 is 1.69 bits per heavy atom. The molecule has 0 N–H and O–H groups in total. The highest BCUT2D eigenvalue weighted by atomic mass is 19.1. The van der Waals surface area contributed by atoms with Crippen molar-refractivity contribution in [3.63, 3.8) is 0 Å². The fourth-order valence-corrected chi connectivity index (χ4v) is 5.07. The molecule has 1 aliphatic heterocycles. The van der Waals surface area contributed by atoms with E-state index < -0.39 is 0 Å². The summed E-state index contributed by atoms with van der Waals surface area (Å²) in [5.41, 5.74) is 2.13. The number of nitrogens with zero attached hydrogens (tertiary/aromatic N) is 6. The molecule has 0 spiro atoms. The zero-order valence-electron chi connectivity index (χ0n) is 18.4. The summed E-state index contributed by atoms with van der Waals surface area (Å²) in [4.78, 5) is 4.74. The van der Waals surface area contributed by atoms with Gasteiger partial charge in [-0.1, -0.05) is 31.0 Å². The zero-order chi connectivity index (χ0) is 21.9. The second-order valence-electron chi connectivity index (χ2n) is 8.56. The Bertz CT molecular complexity index is 1020. The van der Waals surface area contributed by atoms with E-state index in [1.807, 2.05) is 30.3 Å². The molecule has 7 nitrogen and oxygen atoms in total. The second kappa shape index (κ2) is 9.24. The van der Waals surface area contributed by atoms with E-state index in [4.69, 9.17) is 4.74 Å². The van der Waals surface area contributed by atoms with E-state index in [1.54, 1.807) is 7.11 Å². The minimum Gasteiger partial charge on any atom is -0.496 e. The highest BCUT2D eigenvalue weighted by Crippen LogP contribution is 2.37. The number of hydrogen-bond donors (Lipinski definition) is 0. The number of halogens is 1. The van der Waals surface area contributed by atoms with Crippen molar-refractivity contribution >= 4 is 5.69 Å². The number of rotatable bonds is 6. The predicted molar refractivity (Wildman–Crippen MR) is 120 cm³/mol. The maximum atomic E-state index is 13.3. The van der Waals surface area contributed by atoms with Gasteiger partial charge in [0.2, 0.25) is 0 Å². The summed E-state index contributed by atoms with van der Waals surface area (Å²) in [6, 6.07) is 15.2. The van der Waals surface area contributed by atoms with Crippen molar-refractivity contribution in [2.45, 2.75) is 37.8 Å². The molecule has 0 unspecified atom stereocenters. The number of piperazine rings is 1. The van der Waals surface area contributed by atoms with Crippen molar-refractivity contribution in [2.75, 3.05) is 38.2 Å². The third kappa shape index (κ3) is 4.07. The number of para-hydroxylation sites is 1. The highest BCUT2D eigenvalue weighted by molar-refractivity contribution is 5.47. The lowest BCUT2D eigenvalue weighted by atomic mass is 10.0. The van der Waals surface area contributed by atoms with Crippen LogP contribution in [0.4, 0.5) is 10.1 Å². The number of aromatic nitrogens is 4. The second-order valence-corrected chi connectivity index (χ2v) is 8.56. The Morgan fingerprint density at radius 3 is 2.41 bits per heavy atom. The van der Waals surface area contributed by atoms with Crippen molar-refractivity contribution in [3.05, 3.63) is 65.7 Å². The maximum absolute atomic E-state index is 13.3. The van der Waals surface area contributed by atoms with Crippen LogP contribution in [0.5, 0.6) is 5.75 Å². The van der Waals surface area contributed by atoms with Gasteiger partial charge in [0.1, 0.15) is 17.6 Å². The van der Waals surface area contributed by atoms with Crippen LogP contribution in [0.2, 0.25) is 0 Å². The van der Waals surface area contributed by atoms with Gasteiger partial charge in [-0.25, -0.2) is 9.07 Å². The van der Waals surface area contributed by atoms with E-state index in [9.17, 15) is 4.39 Å². The van der Waals surface area contributed by atoms with Crippen LogP contribution in [0, 0.1) is 5.82 Å². The van der Waals surface area contributed by atoms with Crippen molar-refractivity contribution < 1.29 is 9.13 Å². The smallest absolute Gasteiger partial charge is 0.173 e. The molecule has 1 aromatic heterocycles. The summed E-state index contributed by atoms with van der Waals surface area (Å²) in [5.74, 6) is 1.53. The molecule has 1 saturated heterocycles. The van der Waals surface area contributed by atoms with Gasteiger partial charge in [-0.3, -0.25) is 4.90 Å². The molecule has 2 heterocycles. The molecule has 0 radical (unpaired) electrons. The molecule has 5 rings (SSSR count). The van der Waals surface area contributed by atoms with Gasteiger partial charge in [-0.05, 0) is 53.6 Å². The first-order chi connectivity index (χ1) is 15.7. The lowest BCUT2D eigenvalue weighted by Crippen LogP contribution is -2.48. The van der Waals surface area contributed by atoms with E-state index in [2.05, 4.69) is 36.1 Å². The maximum Gasteiger partial charge on any atom is 0.173 e. The lowest BCUT2D eigenvalue weighted by molar-refractivity contribution is 0.194. The summed E-state index contributed by atoms with van der Waals surface area (Å²) in [5, 5.41) is 13.0. The molecule has 1 aliphatic carbocycles. The summed E-state index contributed by atoms with van der Waals surface area (Å²) in [6.45, 7) is 3.39. The van der Waals surface area contributed by atoms with Gasteiger partial charge >= 0.3 is 0 Å². The largest absolute Gasteiger partial charge is 0.496 e. The summed E-state index contributed by atoms with van der Waals surface area (Å²) in [6.07, 6.45) is 4.68. The fraction of sp³-hybridized carbons (Fsp3) is 0.458. The van der Waals surface area contributed by atoms with Gasteiger partial charge in [-0.2, -0.15) is 0 Å². The number of hydrogen-bond acceptors (Lipinski definition) is 6. The quantitative estimate of drug-likeness (QED) is 0.585. The predicted octanol–water partition coefficient (Wildman–Crippen LogP) is 3.85. The van der Waals surface area contributed by atoms with Crippen LogP contribution in [0.3, 0.4) is 0 Å². The Kier molecular flexibility index (Phi) is 6.03. The minimum absolute atomic E-state index is 0.0860. The highest BCUT2D eigenvalue weighted by Gasteiger charge is 2.34. The Balaban J connectivity index is 1.45. The van der Waals surface area contributed by atoms with Crippen LogP contribution >= 0.6 is 0 Å². The van der Waals surface area contributed by atoms with Gasteiger partial charge in [0.15, 0.2) is 5.82 Å². The molecule has 0 amide bonds. The number of benzene rings is 2. The van der Waals surface area contributed by atoms with Crippen molar-refractivity contribution in [1.82, 2.24) is 25.1 Å². The van der Waals surface area contributed by atoms with Crippen LogP contribution in [-0.2, 0) is 0 Å². The van der Waals surface area contributed by atoms with Crippen LogP contribution in [0.25, 0.3) is 0 Å². The molecular weight excluding hydrogens is 407 g/mol. The van der Waals surface area contributed by atoms with Gasteiger partial charge in [0.05, 0.1) is 13.2 Å². The topological polar surface area (TPSA) is 59.3 Å². The standard InChI is InChI=1S/C24H29FN6O/c1-32-22-9-5-4-8-21(22)23(24-26-27-28-31(24)20-6-2-3-7-20)30-16-14-29(15-17-30)19-12-10-18(25)11-13-19/h4-5,8-13,20,23H,2-3,6-7,14-17H2,1H3/t23-/m1/s1. The Morgan fingerprint density at radius 1 is 0.969 bits per heavy atom. The van der Waals surface area contributed by atoms with Crippen molar-refractivity contribution in [2.24, 2.45) is 0 Å². The third-order valence-corrected chi connectivity index (χ3v) is 6.74. The van der Waals surface area contributed by atoms with Crippen LogP contribution < -0.4 is 9.64 Å². The number of anilines is 1. The average molecular weight is 437 g/mol. The number of tetrazole rings is 1. The molecule has 2 fully saturated rings. The summed E-state index contributed by atoms with van der Waals surface area (Å²) in [7, 11) is 1.71. The molecule has 168 valence electrons. The van der Waals surface area contributed by atoms with Gasteiger partial charge in [0.25, 0.3) is 0 Å². The third-order valence-electron chi connectivity index (χ3n) is 6.74. The first-order valence-corrected chi connectivity index (χ1v) is 11.4. The fourth-order valence-electron chi connectivity index (χ4n) is 5.07. The number of ether oxygens (including phenoxy) is 1. The van der Waals surface area contributed by atoms with E-state index >= 15 is 0 Å². The molecule has 8 heteroatoms. The van der Waals surface area contributed by atoms with Crippen LogP contribution in [0.1, 0.15) is 49.2 Å². The zero-order valence-corrected chi connectivity index (χ0v) is 18.4. The van der Waals surface area contributed by atoms with Crippen molar-refractivity contribution in [3.8, 4) is 5.75 Å². The van der Waals surface area contributed by atoms with Gasteiger partial charge < -0.3 is 9.64 Å². The van der Waals surface area contributed by atoms with Gasteiger partial charge in [0, 0.05) is 37.4 Å². The molecule has 1 saturated carbocycles. The monoisotopic (exact) mass is 436 g/mol.